The van der Waals surface area contributed by atoms with Crippen LogP contribution in [-0.2, 0) is 14.3 Å². The molecule has 2 N–H and O–H groups in total. The minimum Gasteiger partial charge on any atom is -0.373 e. The number of hydrogen-bond acceptors (Lipinski definition) is 6. The minimum atomic E-state index is -0.449. The molecule has 2 aliphatic heterocycles. The zero-order valence-corrected chi connectivity index (χ0v) is 13.0. The number of ether oxygens (including phenoxy) is 2. The molecule has 20 heavy (non-hydrogen) atoms. The lowest BCUT2D eigenvalue weighted by Crippen LogP contribution is -2.61. The zero-order chi connectivity index (χ0) is 14.4. The van der Waals surface area contributed by atoms with E-state index in [9.17, 15) is 0 Å². The molecule has 6 heteroatoms. The lowest BCUT2D eigenvalue weighted by molar-refractivity contribution is -0.256. The summed E-state index contributed by atoms with van der Waals surface area (Å²) in [5.74, 6) is 0. The van der Waals surface area contributed by atoms with Gasteiger partial charge in [-0.1, -0.05) is 6.42 Å². The standard InChI is InChI=1S/C14H29N3O3/c1-14(18-3,11-15-2)13-16-19-10-12(20-13)9-17-7-5-4-6-8-17/h12-13,15-16H,4-11H2,1-3H3. The Balaban J connectivity index is 1.86. The molecule has 3 atom stereocenters. The van der Waals surface area contributed by atoms with E-state index >= 15 is 0 Å². The van der Waals surface area contributed by atoms with Crippen LogP contribution in [0.15, 0.2) is 0 Å². The van der Waals surface area contributed by atoms with Crippen LogP contribution in [-0.4, -0.2) is 69.8 Å². The highest BCUT2D eigenvalue weighted by atomic mass is 16.7. The Morgan fingerprint density at radius 1 is 1.35 bits per heavy atom. The summed E-state index contributed by atoms with van der Waals surface area (Å²) in [6.45, 7) is 6.60. The number of hydrogen-bond donors (Lipinski definition) is 2. The molecular weight excluding hydrogens is 258 g/mol. The van der Waals surface area contributed by atoms with Crippen molar-refractivity contribution < 1.29 is 14.3 Å². The van der Waals surface area contributed by atoms with Crippen molar-refractivity contribution in [3.8, 4) is 0 Å². The molecule has 0 bridgehead atoms. The summed E-state index contributed by atoms with van der Waals surface area (Å²) in [5.41, 5.74) is 2.51. The first-order valence-corrected chi connectivity index (χ1v) is 7.63. The van der Waals surface area contributed by atoms with Gasteiger partial charge in [0.15, 0.2) is 6.23 Å². The second-order valence-electron chi connectivity index (χ2n) is 5.98. The van der Waals surface area contributed by atoms with E-state index in [2.05, 4.69) is 15.7 Å². The van der Waals surface area contributed by atoms with Crippen LogP contribution in [0.4, 0.5) is 0 Å². The Morgan fingerprint density at radius 2 is 2.10 bits per heavy atom. The minimum absolute atomic E-state index is 0.102. The second-order valence-corrected chi connectivity index (χ2v) is 5.98. The first-order valence-electron chi connectivity index (χ1n) is 7.63. The average Bonchev–Trinajstić information content (AvgIpc) is 2.49. The quantitative estimate of drug-likeness (QED) is 0.735. The summed E-state index contributed by atoms with van der Waals surface area (Å²) in [7, 11) is 3.61. The highest BCUT2D eigenvalue weighted by Crippen LogP contribution is 2.21. The van der Waals surface area contributed by atoms with Crippen molar-refractivity contribution in [3.63, 3.8) is 0 Å². The van der Waals surface area contributed by atoms with E-state index in [0.717, 1.165) is 6.54 Å². The third-order valence-corrected chi connectivity index (χ3v) is 4.25. The van der Waals surface area contributed by atoms with Crippen LogP contribution >= 0.6 is 0 Å². The van der Waals surface area contributed by atoms with Crippen molar-refractivity contribution in [1.29, 1.82) is 0 Å². The summed E-state index contributed by atoms with van der Waals surface area (Å²) in [4.78, 5) is 8.00. The fourth-order valence-electron chi connectivity index (χ4n) is 2.89. The number of nitrogens with zero attached hydrogens (tertiary/aromatic N) is 1. The monoisotopic (exact) mass is 287 g/mol. The van der Waals surface area contributed by atoms with Gasteiger partial charge in [-0.2, -0.15) is 5.48 Å². The van der Waals surface area contributed by atoms with E-state index in [1.807, 2.05) is 14.0 Å². The summed E-state index contributed by atoms with van der Waals surface area (Å²) in [6.07, 6.45) is 3.79. The molecule has 6 nitrogen and oxygen atoms in total. The number of likely N-dealkylation sites (tertiary alicyclic amines) is 1. The lowest BCUT2D eigenvalue weighted by atomic mass is 10.0. The highest BCUT2D eigenvalue weighted by molar-refractivity contribution is 4.86. The van der Waals surface area contributed by atoms with Crippen molar-refractivity contribution in [2.24, 2.45) is 0 Å². The number of likely N-dealkylation sites (N-methyl/N-ethyl adjacent to an activating group) is 1. The van der Waals surface area contributed by atoms with Gasteiger partial charge in [0.2, 0.25) is 0 Å². The van der Waals surface area contributed by atoms with E-state index in [1.54, 1.807) is 7.11 Å². The van der Waals surface area contributed by atoms with E-state index in [-0.39, 0.29) is 12.3 Å². The smallest absolute Gasteiger partial charge is 0.160 e. The largest absolute Gasteiger partial charge is 0.373 e. The van der Waals surface area contributed by atoms with Gasteiger partial charge in [-0.05, 0) is 39.9 Å². The van der Waals surface area contributed by atoms with Crippen LogP contribution in [0.3, 0.4) is 0 Å². The summed E-state index contributed by atoms with van der Waals surface area (Å²) in [5, 5.41) is 3.14. The molecule has 0 spiro atoms. The predicted molar refractivity (Wildman–Crippen MR) is 77.4 cm³/mol. The van der Waals surface area contributed by atoms with E-state index < -0.39 is 5.60 Å². The molecule has 2 aliphatic rings. The molecule has 2 rings (SSSR count). The van der Waals surface area contributed by atoms with E-state index in [0.29, 0.717) is 13.2 Å². The van der Waals surface area contributed by atoms with Gasteiger partial charge in [0.25, 0.3) is 0 Å². The number of hydroxylamine groups is 1. The van der Waals surface area contributed by atoms with Crippen LogP contribution in [0.25, 0.3) is 0 Å². The molecule has 0 radical (unpaired) electrons. The SMILES string of the molecule is CNCC(C)(OC)C1NOCC(CN2CCCCC2)O1. The van der Waals surface area contributed by atoms with Crippen LogP contribution in [0.1, 0.15) is 26.2 Å². The zero-order valence-electron chi connectivity index (χ0n) is 13.0. The molecule has 0 aromatic rings. The van der Waals surface area contributed by atoms with Crippen molar-refractivity contribution in [2.45, 2.75) is 44.1 Å². The van der Waals surface area contributed by atoms with Crippen LogP contribution in [0.2, 0.25) is 0 Å². The molecule has 2 fully saturated rings. The van der Waals surface area contributed by atoms with E-state index in [1.165, 1.54) is 32.4 Å². The van der Waals surface area contributed by atoms with Gasteiger partial charge in [-0.3, -0.25) is 4.84 Å². The average molecular weight is 287 g/mol. The maximum atomic E-state index is 6.15. The van der Waals surface area contributed by atoms with Gasteiger partial charge in [-0.15, -0.1) is 0 Å². The van der Waals surface area contributed by atoms with Crippen molar-refractivity contribution >= 4 is 0 Å². The summed E-state index contributed by atoms with van der Waals surface area (Å²) in [6, 6.07) is 0. The number of rotatable bonds is 6. The number of methoxy groups -OCH3 is 1. The van der Waals surface area contributed by atoms with Crippen molar-refractivity contribution in [1.82, 2.24) is 15.7 Å². The van der Waals surface area contributed by atoms with Crippen LogP contribution < -0.4 is 10.8 Å². The Labute approximate surface area is 122 Å². The van der Waals surface area contributed by atoms with Gasteiger partial charge in [-0.25, -0.2) is 0 Å². The first-order chi connectivity index (χ1) is 9.68. The topological polar surface area (TPSA) is 55.0 Å². The van der Waals surface area contributed by atoms with Gasteiger partial charge in [0.1, 0.15) is 5.60 Å². The maximum absolute atomic E-state index is 6.15. The molecule has 0 aromatic heterocycles. The molecule has 3 unspecified atom stereocenters. The predicted octanol–water partition coefficient (Wildman–Crippen LogP) is 0.343. The Kier molecular flexibility index (Phi) is 6.20. The van der Waals surface area contributed by atoms with Crippen molar-refractivity contribution in [3.05, 3.63) is 0 Å². The third kappa shape index (κ3) is 4.13. The molecular formula is C14H29N3O3. The Bertz CT molecular complexity index is 287. The second kappa shape index (κ2) is 7.68. The highest BCUT2D eigenvalue weighted by Gasteiger charge is 2.39. The number of nitrogens with one attached hydrogen (secondary N) is 2. The molecule has 2 heterocycles. The third-order valence-electron chi connectivity index (χ3n) is 4.25. The van der Waals surface area contributed by atoms with Gasteiger partial charge >= 0.3 is 0 Å². The van der Waals surface area contributed by atoms with E-state index in [4.69, 9.17) is 14.3 Å². The van der Waals surface area contributed by atoms with Crippen molar-refractivity contribution in [2.75, 3.05) is 46.9 Å². The maximum Gasteiger partial charge on any atom is 0.160 e. The Morgan fingerprint density at radius 3 is 2.75 bits per heavy atom. The fraction of sp³-hybridized carbons (Fsp3) is 1.00. The molecule has 2 saturated heterocycles. The fourth-order valence-corrected chi connectivity index (χ4v) is 2.89. The van der Waals surface area contributed by atoms with Gasteiger partial charge in [0, 0.05) is 20.2 Å². The van der Waals surface area contributed by atoms with Gasteiger partial charge < -0.3 is 19.7 Å². The lowest BCUT2D eigenvalue weighted by Gasteiger charge is -2.42. The molecule has 118 valence electrons. The molecule has 0 aromatic carbocycles. The molecule has 0 amide bonds. The Hall–Kier alpha value is -0.240. The van der Waals surface area contributed by atoms with Crippen LogP contribution in [0.5, 0.6) is 0 Å². The number of piperidine rings is 1. The summed E-state index contributed by atoms with van der Waals surface area (Å²) < 4.78 is 11.8. The molecule has 0 saturated carbocycles. The first kappa shape index (κ1) is 16.1. The normalized spacial score (nSPS) is 31.9. The van der Waals surface area contributed by atoms with Gasteiger partial charge in [0.05, 0.1) is 12.7 Å². The van der Waals surface area contributed by atoms with Crippen LogP contribution in [0, 0.1) is 0 Å². The molecule has 0 aliphatic carbocycles. The summed E-state index contributed by atoms with van der Waals surface area (Å²) >= 11 is 0.